The number of carbonyl (C=O) groups is 3. The molecule has 0 spiro atoms. The summed E-state index contributed by atoms with van der Waals surface area (Å²) in [5.74, 6) is -1.56. The van der Waals surface area contributed by atoms with Crippen molar-refractivity contribution >= 4 is 17.9 Å². The molecule has 0 N–H and O–H groups in total. The van der Waals surface area contributed by atoms with Crippen LogP contribution in [-0.2, 0) is 33.3 Å². The highest BCUT2D eigenvalue weighted by atomic mass is 16.7. The van der Waals surface area contributed by atoms with E-state index < -0.39 is 30.1 Å². The third kappa shape index (κ3) is 6.24. The van der Waals surface area contributed by atoms with Gasteiger partial charge in [-0.3, -0.25) is 0 Å². The van der Waals surface area contributed by atoms with Crippen LogP contribution in [0.5, 0.6) is 11.5 Å². The molecule has 9 nitrogen and oxygen atoms in total. The van der Waals surface area contributed by atoms with Crippen molar-refractivity contribution < 1.29 is 42.8 Å². The highest BCUT2D eigenvalue weighted by Crippen LogP contribution is 2.43. The van der Waals surface area contributed by atoms with E-state index in [2.05, 4.69) is 0 Å². The fourth-order valence-corrected chi connectivity index (χ4v) is 4.08. The van der Waals surface area contributed by atoms with E-state index in [0.29, 0.717) is 29.1 Å². The Morgan fingerprint density at radius 2 is 1.50 bits per heavy atom. The molecule has 0 bridgehead atoms. The third-order valence-electron chi connectivity index (χ3n) is 5.79. The highest BCUT2D eigenvalue weighted by Gasteiger charge is 2.46. The number of hydrogen-bond donors (Lipinski definition) is 0. The molecule has 0 saturated carbocycles. The summed E-state index contributed by atoms with van der Waals surface area (Å²) in [6.45, 7) is -0.644. The van der Waals surface area contributed by atoms with Crippen molar-refractivity contribution in [2.75, 3.05) is 26.9 Å². The molecule has 9 heteroatoms. The van der Waals surface area contributed by atoms with E-state index in [4.69, 9.17) is 28.4 Å². The molecular formula is C27H26O9. The zero-order valence-electron chi connectivity index (χ0n) is 19.7. The van der Waals surface area contributed by atoms with E-state index >= 15 is 0 Å². The van der Waals surface area contributed by atoms with Crippen LogP contribution >= 0.6 is 0 Å². The number of esters is 3. The number of rotatable bonds is 10. The maximum Gasteiger partial charge on any atom is 0.347 e. The van der Waals surface area contributed by atoms with Crippen molar-refractivity contribution in [2.45, 2.75) is 12.7 Å². The molecule has 0 fully saturated rings. The van der Waals surface area contributed by atoms with Gasteiger partial charge in [0.15, 0.2) is 13.2 Å². The molecule has 188 valence electrons. The van der Waals surface area contributed by atoms with Gasteiger partial charge in [-0.1, -0.05) is 42.5 Å². The lowest BCUT2D eigenvalue weighted by molar-refractivity contribution is -0.185. The Morgan fingerprint density at radius 1 is 0.889 bits per heavy atom. The van der Waals surface area contributed by atoms with Crippen LogP contribution in [0.1, 0.15) is 6.42 Å². The number of carbonyl (C=O) groups excluding carboxylic acids is 3. The zero-order valence-corrected chi connectivity index (χ0v) is 19.7. The van der Waals surface area contributed by atoms with Gasteiger partial charge in [-0.15, -0.1) is 0 Å². The molecule has 0 aromatic heterocycles. The molecule has 3 unspecified atom stereocenters. The number of benzene rings is 2. The Labute approximate surface area is 208 Å². The second kappa shape index (κ2) is 11.9. The predicted molar refractivity (Wildman–Crippen MR) is 126 cm³/mol. The number of methoxy groups -OCH3 is 1. The quantitative estimate of drug-likeness (QED) is 0.280. The van der Waals surface area contributed by atoms with Crippen molar-refractivity contribution in [3.8, 4) is 11.5 Å². The van der Waals surface area contributed by atoms with E-state index in [1.165, 1.54) is 13.4 Å². The minimum atomic E-state index is -1.02. The lowest BCUT2D eigenvalue weighted by Gasteiger charge is -2.34. The van der Waals surface area contributed by atoms with Crippen LogP contribution in [0.15, 0.2) is 84.1 Å². The van der Waals surface area contributed by atoms with E-state index in [9.17, 15) is 14.4 Å². The zero-order chi connectivity index (χ0) is 25.3. The third-order valence-corrected chi connectivity index (χ3v) is 5.79. The van der Waals surface area contributed by atoms with Gasteiger partial charge in [-0.25, -0.2) is 14.4 Å². The molecule has 2 aromatic rings. The molecule has 36 heavy (non-hydrogen) atoms. The average molecular weight is 494 g/mol. The van der Waals surface area contributed by atoms with Gasteiger partial charge in [0.25, 0.3) is 6.29 Å². The highest BCUT2D eigenvalue weighted by molar-refractivity contribution is 5.89. The molecule has 0 radical (unpaired) electrons. The fraction of sp³-hybridized carbons (Fsp3) is 0.296. The summed E-state index contributed by atoms with van der Waals surface area (Å²) in [4.78, 5) is 37.0. The minimum absolute atomic E-state index is 0.0650. The van der Waals surface area contributed by atoms with Crippen LogP contribution in [0.2, 0.25) is 0 Å². The van der Waals surface area contributed by atoms with Gasteiger partial charge in [-0.05, 0) is 36.3 Å². The van der Waals surface area contributed by atoms with Gasteiger partial charge >= 0.3 is 17.9 Å². The number of ether oxygens (including phenoxy) is 6. The summed E-state index contributed by atoms with van der Waals surface area (Å²) in [7, 11) is 1.28. The summed E-state index contributed by atoms with van der Waals surface area (Å²) in [5, 5.41) is 0. The smallest absolute Gasteiger partial charge is 0.347 e. The number of fused-ring (bicyclic) bond motifs is 1. The molecule has 2 aromatic carbocycles. The topological polar surface area (TPSA) is 107 Å². The van der Waals surface area contributed by atoms with Gasteiger partial charge in [-0.2, -0.15) is 0 Å². The average Bonchev–Trinajstić information content (AvgIpc) is 3.35. The van der Waals surface area contributed by atoms with Gasteiger partial charge in [0, 0.05) is 5.92 Å². The van der Waals surface area contributed by atoms with Gasteiger partial charge in [0.1, 0.15) is 18.1 Å². The summed E-state index contributed by atoms with van der Waals surface area (Å²) in [5.41, 5.74) is 0.990. The second-order valence-corrected chi connectivity index (χ2v) is 8.07. The van der Waals surface area contributed by atoms with E-state index in [0.717, 1.165) is 0 Å². The van der Waals surface area contributed by atoms with Crippen molar-refractivity contribution in [1.29, 1.82) is 0 Å². The first kappa shape index (κ1) is 24.8. The Morgan fingerprint density at radius 3 is 2.11 bits per heavy atom. The van der Waals surface area contributed by atoms with Crippen LogP contribution in [0.25, 0.3) is 0 Å². The summed E-state index contributed by atoms with van der Waals surface area (Å²) < 4.78 is 32.3. The SMILES string of the molecule is COC(=O)C1=COC(OC(=O)COc2ccccc2)C2C(COC(=O)COc3ccccc3)=CCC12. The molecule has 1 aliphatic carbocycles. The molecule has 4 rings (SSSR count). The lowest BCUT2D eigenvalue weighted by atomic mass is 9.83. The summed E-state index contributed by atoms with van der Waals surface area (Å²) in [6.07, 6.45) is 2.56. The first-order chi connectivity index (χ1) is 17.5. The first-order valence-corrected chi connectivity index (χ1v) is 11.4. The van der Waals surface area contributed by atoms with Crippen LogP contribution in [0, 0.1) is 11.8 Å². The summed E-state index contributed by atoms with van der Waals surface area (Å²) in [6, 6.07) is 17.8. The van der Waals surface area contributed by atoms with Crippen LogP contribution in [0.3, 0.4) is 0 Å². The van der Waals surface area contributed by atoms with Crippen molar-refractivity contribution in [3.05, 3.63) is 84.1 Å². The normalized spacial score (nSPS) is 20.1. The largest absolute Gasteiger partial charge is 0.482 e. The molecular weight excluding hydrogens is 468 g/mol. The molecule has 2 aliphatic rings. The van der Waals surface area contributed by atoms with E-state index in [-0.39, 0.29) is 25.7 Å². The molecule has 3 atom stereocenters. The van der Waals surface area contributed by atoms with Gasteiger partial charge in [0.2, 0.25) is 0 Å². The van der Waals surface area contributed by atoms with Gasteiger partial charge < -0.3 is 28.4 Å². The molecule has 0 amide bonds. The number of allylic oxidation sites excluding steroid dienone is 1. The standard InChI is InChI=1S/C27H26O9/c1-31-26(30)22-15-35-27(36-24(29)17-33-20-10-6-3-7-11-20)25-18(12-13-21(22)25)14-34-23(28)16-32-19-8-4-2-5-9-19/h2-12,15,21,25,27H,13-14,16-17H2,1H3. The predicted octanol–water partition coefficient (Wildman–Crippen LogP) is 3.21. The van der Waals surface area contributed by atoms with Crippen molar-refractivity contribution in [2.24, 2.45) is 11.8 Å². The van der Waals surface area contributed by atoms with Gasteiger partial charge in [0.05, 0.1) is 24.9 Å². The Hall–Kier alpha value is -4.27. The maximum absolute atomic E-state index is 12.5. The summed E-state index contributed by atoms with van der Waals surface area (Å²) >= 11 is 0. The molecule has 1 heterocycles. The van der Waals surface area contributed by atoms with E-state index in [1.54, 1.807) is 48.5 Å². The first-order valence-electron chi connectivity index (χ1n) is 11.4. The minimum Gasteiger partial charge on any atom is -0.482 e. The Bertz CT molecular complexity index is 1120. The van der Waals surface area contributed by atoms with Crippen molar-refractivity contribution in [1.82, 2.24) is 0 Å². The van der Waals surface area contributed by atoms with Crippen LogP contribution in [0.4, 0.5) is 0 Å². The van der Waals surface area contributed by atoms with Crippen LogP contribution < -0.4 is 9.47 Å². The second-order valence-electron chi connectivity index (χ2n) is 8.07. The Balaban J connectivity index is 1.37. The Kier molecular flexibility index (Phi) is 8.23. The number of para-hydroxylation sites is 2. The maximum atomic E-state index is 12.5. The molecule has 0 saturated heterocycles. The lowest BCUT2D eigenvalue weighted by Crippen LogP contribution is -2.39. The fourth-order valence-electron chi connectivity index (χ4n) is 4.08. The van der Waals surface area contributed by atoms with E-state index in [1.807, 2.05) is 18.2 Å². The monoisotopic (exact) mass is 494 g/mol. The van der Waals surface area contributed by atoms with Crippen molar-refractivity contribution in [3.63, 3.8) is 0 Å². The number of hydrogen-bond acceptors (Lipinski definition) is 9. The molecule has 1 aliphatic heterocycles. The van der Waals surface area contributed by atoms with Crippen LogP contribution in [-0.4, -0.2) is 51.1 Å².